The fourth-order valence-corrected chi connectivity index (χ4v) is 1.30. The summed E-state index contributed by atoms with van der Waals surface area (Å²) in [6, 6.07) is 2.01. The second-order valence-corrected chi connectivity index (χ2v) is 4.24. The molecule has 1 N–H and O–H groups in total. The zero-order chi connectivity index (χ0) is 12.3. The summed E-state index contributed by atoms with van der Waals surface area (Å²) in [7, 11) is 3.17. The van der Waals surface area contributed by atoms with Crippen molar-refractivity contribution in [3.63, 3.8) is 0 Å². The molecule has 0 fully saturated rings. The molecular formula is C10H11BrF2N2O. The molecule has 0 atom stereocenters. The first-order valence-corrected chi connectivity index (χ1v) is 5.29. The Labute approximate surface area is 101 Å². The number of carbonyl (C=O) groups excluding carboxylic acids is 1. The van der Waals surface area contributed by atoms with Gasteiger partial charge in [0.05, 0.1) is 16.7 Å². The quantitative estimate of drug-likeness (QED) is 0.867. The summed E-state index contributed by atoms with van der Waals surface area (Å²) < 4.78 is 26.4. The van der Waals surface area contributed by atoms with E-state index >= 15 is 0 Å². The van der Waals surface area contributed by atoms with Crippen LogP contribution in [0, 0.1) is 11.6 Å². The summed E-state index contributed by atoms with van der Waals surface area (Å²) in [5.74, 6) is -1.41. The molecule has 1 aromatic carbocycles. The van der Waals surface area contributed by atoms with Crippen LogP contribution >= 0.6 is 15.9 Å². The minimum Gasteiger partial charge on any atom is -0.374 e. The second-order valence-electron chi connectivity index (χ2n) is 3.39. The third kappa shape index (κ3) is 3.16. The lowest BCUT2D eigenvalue weighted by atomic mass is 10.3. The third-order valence-corrected chi connectivity index (χ3v) is 2.55. The number of amides is 1. The molecule has 6 heteroatoms. The van der Waals surface area contributed by atoms with E-state index in [4.69, 9.17) is 0 Å². The van der Waals surface area contributed by atoms with Gasteiger partial charge in [0.15, 0.2) is 0 Å². The number of anilines is 1. The molecule has 0 aliphatic carbocycles. The third-order valence-electron chi connectivity index (χ3n) is 1.94. The van der Waals surface area contributed by atoms with Crippen LogP contribution in [0.5, 0.6) is 0 Å². The van der Waals surface area contributed by atoms with Crippen molar-refractivity contribution in [2.45, 2.75) is 0 Å². The average molecular weight is 293 g/mol. The molecule has 16 heavy (non-hydrogen) atoms. The highest BCUT2D eigenvalue weighted by atomic mass is 79.9. The molecule has 0 saturated heterocycles. The zero-order valence-corrected chi connectivity index (χ0v) is 10.4. The number of nitrogens with one attached hydrogen (secondary N) is 1. The molecule has 88 valence electrons. The molecule has 1 aromatic rings. The monoisotopic (exact) mass is 292 g/mol. The lowest BCUT2D eigenvalue weighted by Crippen LogP contribution is -2.28. The van der Waals surface area contributed by atoms with Gasteiger partial charge in [0.1, 0.15) is 11.6 Å². The van der Waals surface area contributed by atoms with Gasteiger partial charge in [-0.15, -0.1) is 0 Å². The molecule has 0 aliphatic heterocycles. The first kappa shape index (κ1) is 12.9. The normalized spacial score (nSPS) is 10.1. The second kappa shape index (κ2) is 5.25. The van der Waals surface area contributed by atoms with Crippen molar-refractivity contribution in [3.05, 3.63) is 28.2 Å². The van der Waals surface area contributed by atoms with Crippen LogP contribution in [0.1, 0.15) is 0 Å². The first-order chi connectivity index (χ1) is 7.41. The van der Waals surface area contributed by atoms with Gasteiger partial charge in [-0.2, -0.15) is 0 Å². The highest BCUT2D eigenvalue weighted by Crippen LogP contribution is 2.23. The minimum absolute atomic E-state index is 0.0316. The zero-order valence-electron chi connectivity index (χ0n) is 8.85. The highest BCUT2D eigenvalue weighted by molar-refractivity contribution is 9.10. The molecule has 0 bridgehead atoms. The van der Waals surface area contributed by atoms with Gasteiger partial charge in [0.2, 0.25) is 5.91 Å². The molecular weight excluding hydrogens is 282 g/mol. The van der Waals surface area contributed by atoms with Gasteiger partial charge in [-0.1, -0.05) is 0 Å². The van der Waals surface area contributed by atoms with E-state index in [-0.39, 0.29) is 22.6 Å². The van der Waals surface area contributed by atoms with Crippen LogP contribution in [0.25, 0.3) is 0 Å². The van der Waals surface area contributed by atoms with Gasteiger partial charge in [-0.25, -0.2) is 8.78 Å². The number of hydrogen-bond acceptors (Lipinski definition) is 2. The van der Waals surface area contributed by atoms with Crippen molar-refractivity contribution >= 4 is 27.5 Å². The van der Waals surface area contributed by atoms with E-state index in [0.29, 0.717) is 0 Å². The van der Waals surface area contributed by atoms with Crippen molar-refractivity contribution in [1.29, 1.82) is 0 Å². The number of likely N-dealkylation sites (N-methyl/N-ethyl adjacent to an activating group) is 1. The number of rotatable bonds is 3. The Morgan fingerprint density at radius 2 is 2.00 bits per heavy atom. The molecule has 1 amide bonds. The summed E-state index contributed by atoms with van der Waals surface area (Å²) in [5.41, 5.74) is -0.0316. The summed E-state index contributed by atoms with van der Waals surface area (Å²) in [6.45, 7) is -0.0784. The van der Waals surface area contributed by atoms with Gasteiger partial charge in [-0.05, 0) is 22.0 Å². The van der Waals surface area contributed by atoms with Crippen LogP contribution in [0.4, 0.5) is 14.5 Å². The van der Waals surface area contributed by atoms with E-state index in [0.717, 1.165) is 12.1 Å². The molecule has 0 spiro atoms. The Balaban J connectivity index is 2.75. The molecule has 0 aliphatic rings. The maximum atomic E-state index is 13.3. The van der Waals surface area contributed by atoms with Crippen molar-refractivity contribution in [2.75, 3.05) is 26.0 Å². The van der Waals surface area contributed by atoms with Crippen molar-refractivity contribution in [1.82, 2.24) is 4.90 Å². The Morgan fingerprint density at radius 3 is 2.56 bits per heavy atom. The number of halogens is 3. The van der Waals surface area contributed by atoms with Crippen LogP contribution in [-0.2, 0) is 4.79 Å². The molecule has 0 saturated carbocycles. The van der Waals surface area contributed by atoms with Crippen LogP contribution in [0.15, 0.2) is 16.6 Å². The molecule has 3 nitrogen and oxygen atoms in total. The lowest BCUT2D eigenvalue weighted by Gasteiger charge is -2.12. The SMILES string of the molecule is CN(C)C(=O)CNc1cc(F)c(Br)cc1F. The Kier molecular flexibility index (Phi) is 4.23. The smallest absolute Gasteiger partial charge is 0.241 e. The maximum Gasteiger partial charge on any atom is 0.241 e. The summed E-state index contributed by atoms with van der Waals surface area (Å²) >= 11 is 2.87. The van der Waals surface area contributed by atoms with E-state index < -0.39 is 11.6 Å². The van der Waals surface area contributed by atoms with Crippen molar-refractivity contribution < 1.29 is 13.6 Å². The van der Waals surface area contributed by atoms with Gasteiger partial charge >= 0.3 is 0 Å². The van der Waals surface area contributed by atoms with Crippen LogP contribution in [0.3, 0.4) is 0 Å². The minimum atomic E-state index is -0.611. The van der Waals surface area contributed by atoms with Crippen molar-refractivity contribution in [3.8, 4) is 0 Å². The predicted molar refractivity (Wildman–Crippen MR) is 61.2 cm³/mol. The van der Waals surface area contributed by atoms with Crippen LogP contribution in [0.2, 0.25) is 0 Å². The van der Waals surface area contributed by atoms with Gasteiger partial charge < -0.3 is 10.2 Å². The van der Waals surface area contributed by atoms with E-state index in [1.807, 2.05) is 0 Å². The maximum absolute atomic E-state index is 13.3. The molecule has 1 rings (SSSR count). The summed E-state index contributed by atoms with van der Waals surface area (Å²) in [5, 5.41) is 2.54. The highest BCUT2D eigenvalue weighted by Gasteiger charge is 2.10. The topological polar surface area (TPSA) is 32.3 Å². The van der Waals surface area contributed by atoms with E-state index in [1.54, 1.807) is 14.1 Å². The average Bonchev–Trinajstić information content (AvgIpc) is 2.20. The first-order valence-electron chi connectivity index (χ1n) is 4.50. The Bertz CT molecular complexity index is 410. The van der Waals surface area contributed by atoms with Crippen molar-refractivity contribution in [2.24, 2.45) is 0 Å². The molecule has 0 heterocycles. The molecule has 0 radical (unpaired) electrons. The van der Waals surface area contributed by atoms with E-state index in [9.17, 15) is 13.6 Å². The number of benzene rings is 1. The predicted octanol–water partition coefficient (Wildman–Crippen LogP) is 2.23. The van der Waals surface area contributed by atoms with Gasteiger partial charge in [-0.3, -0.25) is 4.79 Å². The Morgan fingerprint density at radius 1 is 1.38 bits per heavy atom. The Hall–Kier alpha value is -1.17. The fourth-order valence-electron chi connectivity index (χ4n) is 0.987. The number of hydrogen-bond donors (Lipinski definition) is 1. The van der Waals surface area contributed by atoms with Crippen LogP contribution < -0.4 is 5.32 Å². The van der Waals surface area contributed by atoms with Crippen LogP contribution in [-0.4, -0.2) is 31.4 Å². The summed E-state index contributed by atoms with van der Waals surface area (Å²) in [6.07, 6.45) is 0. The largest absolute Gasteiger partial charge is 0.374 e. The van der Waals surface area contributed by atoms with E-state index in [2.05, 4.69) is 21.2 Å². The number of carbonyl (C=O) groups is 1. The van der Waals surface area contributed by atoms with E-state index in [1.165, 1.54) is 4.90 Å². The summed E-state index contributed by atoms with van der Waals surface area (Å²) in [4.78, 5) is 12.6. The number of nitrogens with zero attached hydrogens (tertiary/aromatic N) is 1. The fraction of sp³-hybridized carbons (Fsp3) is 0.300. The lowest BCUT2D eigenvalue weighted by molar-refractivity contribution is -0.126. The van der Waals surface area contributed by atoms with Gasteiger partial charge in [0.25, 0.3) is 0 Å². The van der Waals surface area contributed by atoms with Gasteiger partial charge in [0, 0.05) is 20.2 Å². The standard InChI is InChI=1S/C10H11BrF2N2O/c1-15(2)10(16)5-14-9-4-7(12)6(11)3-8(9)13/h3-4,14H,5H2,1-2H3. The molecule has 0 aromatic heterocycles. The molecule has 0 unspecified atom stereocenters.